The number of hydrogen-bond donors (Lipinski definition) is 2. The Bertz CT molecular complexity index is 1140. The number of carbonyl (C=O) groups is 2. The highest BCUT2D eigenvalue weighted by Crippen LogP contribution is 2.40. The first-order valence-corrected chi connectivity index (χ1v) is 14.2. The highest BCUT2D eigenvalue weighted by atomic mass is 32.1. The Balaban J connectivity index is 1.32. The zero-order chi connectivity index (χ0) is 26.5. The predicted octanol–water partition coefficient (Wildman–Crippen LogP) is 2.75. The normalized spacial score (nSPS) is 20.9. The predicted molar refractivity (Wildman–Crippen MR) is 146 cm³/mol. The number of methoxy groups -OCH3 is 2. The molecule has 1 aromatic carbocycles. The van der Waals surface area contributed by atoms with Crippen LogP contribution in [0.1, 0.15) is 52.1 Å². The molecule has 206 valence electrons. The molecule has 1 saturated carbocycles. The second-order valence-electron chi connectivity index (χ2n) is 10.2. The van der Waals surface area contributed by atoms with Gasteiger partial charge >= 0.3 is 0 Å². The van der Waals surface area contributed by atoms with Crippen LogP contribution in [0.25, 0.3) is 0 Å². The molecule has 10 nitrogen and oxygen atoms in total. The van der Waals surface area contributed by atoms with Gasteiger partial charge in [0.05, 0.1) is 37.2 Å². The van der Waals surface area contributed by atoms with Gasteiger partial charge in [-0.05, 0) is 43.4 Å². The van der Waals surface area contributed by atoms with Gasteiger partial charge in [0.15, 0.2) is 5.13 Å². The van der Waals surface area contributed by atoms with Crippen LogP contribution in [0.15, 0.2) is 23.6 Å². The van der Waals surface area contributed by atoms with E-state index >= 15 is 0 Å². The molecule has 38 heavy (non-hydrogen) atoms. The van der Waals surface area contributed by atoms with Crippen LogP contribution in [0.5, 0.6) is 0 Å². The third kappa shape index (κ3) is 5.86. The fourth-order valence-corrected chi connectivity index (χ4v) is 6.26. The first kappa shape index (κ1) is 27.0. The molecule has 1 aliphatic carbocycles. The summed E-state index contributed by atoms with van der Waals surface area (Å²) in [6.07, 6.45) is 4.64. The van der Waals surface area contributed by atoms with Crippen molar-refractivity contribution in [3.05, 3.63) is 40.4 Å². The van der Waals surface area contributed by atoms with E-state index in [9.17, 15) is 9.59 Å². The monoisotopic (exact) mass is 543 g/mol. The quantitative estimate of drug-likeness (QED) is 0.441. The second kappa shape index (κ2) is 12.1. The van der Waals surface area contributed by atoms with Crippen LogP contribution in [-0.2, 0) is 20.8 Å². The number of ether oxygens (including phenoxy) is 3. The van der Waals surface area contributed by atoms with Crippen LogP contribution in [0, 0.1) is 0 Å². The van der Waals surface area contributed by atoms with Crippen LogP contribution in [0.2, 0.25) is 0 Å². The molecule has 0 radical (unpaired) electrons. The van der Waals surface area contributed by atoms with E-state index in [4.69, 9.17) is 14.2 Å². The van der Waals surface area contributed by atoms with E-state index in [2.05, 4.69) is 25.4 Å². The molecule has 1 atom stereocenters. The highest BCUT2D eigenvalue weighted by molar-refractivity contribution is 7.14. The Kier molecular flexibility index (Phi) is 8.59. The standard InChI is InChI=1S/C27H37N5O5S/c1-35-12-9-28-24(33)21-14-19(15-32-11-13-37-18-27(32)7-3-8-27)4-5-22(21)29-25(34)23-17-38-26(30-23)31-10-6-20(16-31)36-2/h4-5,14,17,20H,3,6-13,15-16,18H2,1-2H3,(H,28,33)(H,29,34)/t20-/m0/s1. The molecule has 3 heterocycles. The number of anilines is 2. The van der Waals surface area contributed by atoms with Gasteiger partial charge in [-0.1, -0.05) is 6.07 Å². The van der Waals surface area contributed by atoms with E-state index in [1.807, 2.05) is 18.2 Å². The number of nitrogens with one attached hydrogen (secondary N) is 2. The molecule has 11 heteroatoms. The molecule has 2 aliphatic heterocycles. The molecular formula is C27H37N5O5S. The summed E-state index contributed by atoms with van der Waals surface area (Å²) in [5.41, 5.74) is 2.38. The van der Waals surface area contributed by atoms with Crippen molar-refractivity contribution < 1.29 is 23.8 Å². The summed E-state index contributed by atoms with van der Waals surface area (Å²) in [5.74, 6) is -0.587. The summed E-state index contributed by atoms with van der Waals surface area (Å²) in [6, 6.07) is 5.70. The van der Waals surface area contributed by atoms with Crippen molar-refractivity contribution >= 4 is 34.0 Å². The number of amides is 2. The van der Waals surface area contributed by atoms with Gasteiger partial charge in [0.1, 0.15) is 5.69 Å². The summed E-state index contributed by atoms with van der Waals surface area (Å²) in [6.45, 7) is 5.52. The molecular weight excluding hydrogens is 506 g/mol. The lowest BCUT2D eigenvalue weighted by atomic mass is 9.75. The first-order chi connectivity index (χ1) is 18.5. The Hall–Kier alpha value is -2.57. The topological polar surface area (TPSA) is 105 Å². The van der Waals surface area contributed by atoms with E-state index in [-0.39, 0.29) is 23.5 Å². The molecule has 0 unspecified atom stereocenters. The molecule has 1 spiro atoms. The van der Waals surface area contributed by atoms with Crippen molar-refractivity contribution in [1.29, 1.82) is 0 Å². The number of nitrogens with zero attached hydrogens (tertiary/aromatic N) is 3. The lowest BCUT2D eigenvalue weighted by molar-refractivity contribution is -0.111. The van der Waals surface area contributed by atoms with Crippen molar-refractivity contribution in [2.75, 3.05) is 70.4 Å². The zero-order valence-corrected chi connectivity index (χ0v) is 23.0. The lowest BCUT2D eigenvalue weighted by Gasteiger charge is -2.52. The summed E-state index contributed by atoms with van der Waals surface area (Å²) < 4.78 is 16.3. The van der Waals surface area contributed by atoms with E-state index in [1.165, 1.54) is 17.8 Å². The van der Waals surface area contributed by atoms with Crippen molar-refractivity contribution in [2.24, 2.45) is 0 Å². The summed E-state index contributed by atoms with van der Waals surface area (Å²) in [5, 5.41) is 8.38. The summed E-state index contributed by atoms with van der Waals surface area (Å²) in [4.78, 5) is 35.5. The molecule has 3 aliphatic rings. The maximum absolute atomic E-state index is 13.2. The Labute approximate surface area is 227 Å². The summed E-state index contributed by atoms with van der Waals surface area (Å²) in [7, 11) is 3.31. The number of thiazole rings is 1. The third-order valence-corrected chi connectivity index (χ3v) is 8.75. The van der Waals surface area contributed by atoms with Gasteiger partial charge in [0.25, 0.3) is 11.8 Å². The average Bonchev–Trinajstić information content (AvgIpc) is 3.59. The van der Waals surface area contributed by atoms with Crippen LogP contribution in [0.3, 0.4) is 0 Å². The van der Waals surface area contributed by atoms with E-state index in [0.29, 0.717) is 30.1 Å². The minimum absolute atomic E-state index is 0.118. The maximum Gasteiger partial charge on any atom is 0.275 e. The molecule has 2 amide bonds. The average molecular weight is 544 g/mol. The number of carbonyl (C=O) groups excluding carboxylic acids is 2. The van der Waals surface area contributed by atoms with Gasteiger partial charge in [-0.15, -0.1) is 11.3 Å². The third-order valence-electron chi connectivity index (χ3n) is 7.85. The van der Waals surface area contributed by atoms with E-state index < -0.39 is 0 Å². The molecule has 2 saturated heterocycles. The van der Waals surface area contributed by atoms with Crippen LogP contribution in [0.4, 0.5) is 10.8 Å². The number of morpholine rings is 1. The van der Waals surface area contributed by atoms with Crippen molar-refractivity contribution in [1.82, 2.24) is 15.2 Å². The van der Waals surface area contributed by atoms with Crippen LogP contribution < -0.4 is 15.5 Å². The number of aromatic nitrogens is 1. The first-order valence-electron chi connectivity index (χ1n) is 13.3. The number of rotatable bonds is 10. The lowest BCUT2D eigenvalue weighted by Crippen LogP contribution is -2.60. The van der Waals surface area contributed by atoms with Gasteiger partial charge in [-0.3, -0.25) is 14.5 Å². The molecule has 3 fully saturated rings. The molecule has 2 aromatic rings. The van der Waals surface area contributed by atoms with E-state index in [1.54, 1.807) is 19.6 Å². The largest absolute Gasteiger partial charge is 0.383 e. The zero-order valence-electron chi connectivity index (χ0n) is 22.2. The Morgan fingerprint density at radius 1 is 1.24 bits per heavy atom. The number of benzene rings is 1. The number of hydrogen-bond acceptors (Lipinski definition) is 9. The minimum atomic E-state index is -0.338. The van der Waals surface area contributed by atoms with Gasteiger partial charge in [0.2, 0.25) is 0 Å². The molecule has 5 rings (SSSR count). The molecule has 1 aromatic heterocycles. The van der Waals surface area contributed by atoms with Crippen LogP contribution in [-0.4, -0.2) is 93.6 Å². The Morgan fingerprint density at radius 2 is 2.11 bits per heavy atom. The van der Waals surface area contributed by atoms with Crippen molar-refractivity contribution in [2.45, 2.75) is 43.9 Å². The van der Waals surface area contributed by atoms with E-state index in [0.717, 1.165) is 69.4 Å². The van der Waals surface area contributed by atoms with Gasteiger partial charge < -0.3 is 29.7 Å². The van der Waals surface area contributed by atoms with Gasteiger partial charge in [0, 0.05) is 57.9 Å². The van der Waals surface area contributed by atoms with Crippen molar-refractivity contribution in [3.63, 3.8) is 0 Å². The summed E-state index contributed by atoms with van der Waals surface area (Å²) >= 11 is 1.44. The van der Waals surface area contributed by atoms with Gasteiger partial charge in [-0.2, -0.15) is 0 Å². The Morgan fingerprint density at radius 3 is 2.84 bits per heavy atom. The minimum Gasteiger partial charge on any atom is -0.383 e. The highest BCUT2D eigenvalue weighted by Gasteiger charge is 2.44. The fraction of sp³-hybridized carbons (Fsp3) is 0.593. The molecule has 2 N–H and O–H groups in total. The molecule has 0 bridgehead atoms. The SMILES string of the molecule is COCCNC(=O)c1cc(CN2CCOCC23CCC3)ccc1NC(=O)c1csc(N2CC[C@H](OC)C2)n1. The maximum atomic E-state index is 13.2. The van der Waals surface area contributed by atoms with Crippen molar-refractivity contribution in [3.8, 4) is 0 Å². The van der Waals surface area contributed by atoms with Crippen LogP contribution >= 0.6 is 11.3 Å². The smallest absolute Gasteiger partial charge is 0.275 e. The fourth-order valence-electron chi connectivity index (χ4n) is 5.42. The van der Waals surface area contributed by atoms with Gasteiger partial charge in [-0.25, -0.2) is 4.98 Å². The second-order valence-corrected chi connectivity index (χ2v) is 11.1.